The van der Waals surface area contributed by atoms with Crippen molar-refractivity contribution in [2.24, 2.45) is 0 Å². The minimum Gasteiger partial charge on any atom is -0.423 e. The summed E-state index contributed by atoms with van der Waals surface area (Å²) < 4.78 is 6.05. The standard InChI is InChI=1S/C19H14ClN5O2/c1-11-16(10-26)22-5-6-25(11)19-24-15-8-13(20)7-14(18(15)27-19)17-12(9-21)3-2-4-23-17/h2-4,7-8,11,22H,5-6H2,1H3. The molecule has 27 heavy (non-hydrogen) atoms. The van der Waals surface area contributed by atoms with Crippen LogP contribution in [0.25, 0.3) is 22.4 Å². The van der Waals surface area contributed by atoms with Gasteiger partial charge in [0, 0.05) is 29.9 Å². The smallest absolute Gasteiger partial charge is 0.299 e. The highest BCUT2D eigenvalue weighted by Crippen LogP contribution is 2.35. The molecule has 1 saturated heterocycles. The summed E-state index contributed by atoms with van der Waals surface area (Å²) >= 11 is 6.27. The Kier molecular flexibility index (Phi) is 4.28. The largest absolute Gasteiger partial charge is 0.423 e. The zero-order valence-corrected chi connectivity index (χ0v) is 15.1. The molecule has 7 nitrogen and oxygen atoms in total. The van der Waals surface area contributed by atoms with Crippen LogP contribution in [0.4, 0.5) is 6.01 Å². The van der Waals surface area contributed by atoms with Crippen molar-refractivity contribution in [3.8, 4) is 17.3 Å². The summed E-state index contributed by atoms with van der Waals surface area (Å²) in [5, 5.41) is 12.9. The Balaban J connectivity index is 1.89. The number of hydrogen-bond donors (Lipinski definition) is 1. The maximum absolute atomic E-state index is 11.1. The fourth-order valence-electron chi connectivity index (χ4n) is 3.19. The molecule has 3 heterocycles. The number of pyridine rings is 1. The van der Waals surface area contributed by atoms with Crippen LogP contribution in [0.2, 0.25) is 5.02 Å². The van der Waals surface area contributed by atoms with Gasteiger partial charge in [-0.25, -0.2) is 4.79 Å². The van der Waals surface area contributed by atoms with E-state index in [0.29, 0.717) is 57.7 Å². The molecule has 1 N–H and O–H groups in total. The van der Waals surface area contributed by atoms with E-state index in [1.807, 2.05) is 17.8 Å². The Morgan fingerprint density at radius 1 is 1.44 bits per heavy atom. The minimum atomic E-state index is -0.243. The molecule has 1 aromatic carbocycles. The lowest BCUT2D eigenvalue weighted by molar-refractivity contribution is 0.496. The highest BCUT2D eigenvalue weighted by molar-refractivity contribution is 6.31. The van der Waals surface area contributed by atoms with Crippen LogP contribution >= 0.6 is 11.6 Å². The van der Waals surface area contributed by atoms with Crippen molar-refractivity contribution in [2.75, 3.05) is 18.0 Å². The zero-order chi connectivity index (χ0) is 19.0. The number of nitrogens with zero attached hydrogens (tertiary/aromatic N) is 4. The van der Waals surface area contributed by atoms with Crippen LogP contribution in [0.15, 0.2) is 40.6 Å². The molecule has 134 valence electrons. The third-order valence-corrected chi connectivity index (χ3v) is 4.75. The number of rotatable bonds is 2. The number of piperazine rings is 1. The second kappa shape index (κ2) is 6.76. The van der Waals surface area contributed by atoms with Gasteiger partial charge in [0.2, 0.25) is 0 Å². The average molecular weight is 380 g/mol. The molecule has 8 heteroatoms. The second-order valence-electron chi connectivity index (χ2n) is 6.12. The molecule has 4 rings (SSSR count). The predicted octanol–water partition coefficient (Wildman–Crippen LogP) is 2.93. The Bertz CT molecular complexity index is 1130. The van der Waals surface area contributed by atoms with Crippen molar-refractivity contribution in [1.29, 1.82) is 5.26 Å². The summed E-state index contributed by atoms with van der Waals surface area (Å²) in [6, 6.07) is 9.07. The first kappa shape index (κ1) is 17.1. The Morgan fingerprint density at radius 2 is 2.30 bits per heavy atom. The third-order valence-electron chi connectivity index (χ3n) is 4.54. The van der Waals surface area contributed by atoms with Crippen molar-refractivity contribution < 1.29 is 9.21 Å². The number of anilines is 1. The van der Waals surface area contributed by atoms with E-state index in [1.165, 1.54) is 0 Å². The summed E-state index contributed by atoms with van der Waals surface area (Å²) in [4.78, 5) is 21.9. The van der Waals surface area contributed by atoms with Crippen molar-refractivity contribution in [3.05, 3.63) is 46.7 Å². The third kappa shape index (κ3) is 2.91. The van der Waals surface area contributed by atoms with Gasteiger partial charge in [-0.05, 0) is 31.2 Å². The maximum atomic E-state index is 11.1. The zero-order valence-electron chi connectivity index (χ0n) is 14.4. The molecule has 0 aliphatic carbocycles. The van der Waals surface area contributed by atoms with Crippen molar-refractivity contribution in [3.63, 3.8) is 0 Å². The lowest BCUT2D eigenvalue weighted by Gasteiger charge is -2.33. The normalized spacial score (nSPS) is 16.7. The average Bonchev–Trinajstić information content (AvgIpc) is 3.11. The SMILES string of the molecule is CC1C(=C=O)NCCN1c1nc2cc(Cl)cc(-c3ncccc3C#N)c2o1. The lowest BCUT2D eigenvalue weighted by atomic mass is 10.1. The Labute approximate surface area is 159 Å². The van der Waals surface area contributed by atoms with Crippen molar-refractivity contribution in [2.45, 2.75) is 13.0 Å². The molecule has 0 spiro atoms. The van der Waals surface area contributed by atoms with E-state index < -0.39 is 0 Å². The molecule has 2 aromatic heterocycles. The quantitative estimate of drug-likeness (QED) is 0.684. The first-order valence-corrected chi connectivity index (χ1v) is 8.71. The number of benzene rings is 1. The molecule has 1 fully saturated rings. The van der Waals surface area contributed by atoms with Gasteiger partial charge in [-0.2, -0.15) is 10.2 Å². The topological polar surface area (TPSA) is 95.0 Å². The molecule has 1 aliphatic rings. The van der Waals surface area contributed by atoms with Crippen LogP contribution in [0.5, 0.6) is 0 Å². The number of fused-ring (bicyclic) bond motifs is 1. The van der Waals surface area contributed by atoms with E-state index in [4.69, 9.17) is 16.0 Å². The molecule has 0 amide bonds. The van der Waals surface area contributed by atoms with E-state index in [-0.39, 0.29) is 6.04 Å². The van der Waals surface area contributed by atoms with Gasteiger partial charge in [0.15, 0.2) is 5.58 Å². The molecule has 1 unspecified atom stereocenters. The van der Waals surface area contributed by atoms with Crippen molar-refractivity contribution >= 4 is 34.7 Å². The highest BCUT2D eigenvalue weighted by Gasteiger charge is 2.28. The molecule has 0 bridgehead atoms. The van der Waals surface area contributed by atoms with Gasteiger partial charge in [-0.3, -0.25) is 4.98 Å². The molecule has 0 radical (unpaired) electrons. The minimum absolute atomic E-state index is 0.243. The first-order valence-electron chi connectivity index (χ1n) is 8.33. The number of aromatic nitrogens is 2. The van der Waals surface area contributed by atoms with E-state index in [2.05, 4.69) is 21.4 Å². The number of oxazole rings is 1. The van der Waals surface area contributed by atoms with Crippen LogP contribution in [-0.2, 0) is 4.79 Å². The number of carbonyl (C=O) groups excluding carboxylic acids is 1. The van der Waals surface area contributed by atoms with Crippen molar-refractivity contribution in [1.82, 2.24) is 15.3 Å². The number of nitrogens with one attached hydrogen (secondary N) is 1. The second-order valence-corrected chi connectivity index (χ2v) is 6.56. The van der Waals surface area contributed by atoms with E-state index in [0.717, 1.165) is 0 Å². The van der Waals surface area contributed by atoms with Gasteiger partial charge in [0.1, 0.15) is 23.2 Å². The van der Waals surface area contributed by atoms with Crippen LogP contribution < -0.4 is 10.2 Å². The van der Waals surface area contributed by atoms with Gasteiger partial charge < -0.3 is 14.6 Å². The van der Waals surface area contributed by atoms with Crippen LogP contribution in [0.1, 0.15) is 12.5 Å². The van der Waals surface area contributed by atoms with Gasteiger partial charge in [0.25, 0.3) is 6.01 Å². The summed E-state index contributed by atoms with van der Waals surface area (Å²) in [5.74, 6) is 1.93. The first-order chi connectivity index (χ1) is 13.1. The van der Waals surface area contributed by atoms with E-state index in [1.54, 1.807) is 30.5 Å². The van der Waals surface area contributed by atoms with Gasteiger partial charge in [0.05, 0.1) is 17.3 Å². The molecule has 3 aromatic rings. The molecule has 1 aliphatic heterocycles. The number of halogens is 1. The summed E-state index contributed by atoms with van der Waals surface area (Å²) in [6.45, 7) is 3.08. The number of hydrogen-bond acceptors (Lipinski definition) is 7. The van der Waals surface area contributed by atoms with Gasteiger partial charge in [-0.15, -0.1) is 0 Å². The van der Waals surface area contributed by atoms with Crippen LogP contribution in [0.3, 0.4) is 0 Å². The summed E-state index contributed by atoms with van der Waals surface area (Å²) in [7, 11) is 0. The van der Waals surface area contributed by atoms with Gasteiger partial charge >= 0.3 is 0 Å². The molecule has 1 atom stereocenters. The van der Waals surface area contributed by atoms with E-state index in [9.17, 15) is 10.1 Å². The predicted molar refractivity (Wildman–Crippen MR) is 101 cm³/mol. The molecular formula is C19H14ClN5O2. The maximum Gasteiger partial charge on any atom is 0.299 e. The van der Waals surface area contributed by atoms with Gasteiger partial charge in [-0.1, -0.05) is 11.6 Å². The summed E-state index contributed by atoms with van der Waals surface area (Å²) in [6.07, 6.45) is 1.61. The van der Waals surface area contributed by atoms with E-state index >= 15 is 0 Å². The molecule has 0 saturated carbocycles. The van der Waals surface area contributed by atoms with Crippen LogP contribution in [-0.4, -0.2) is 35.0 Å². The summed E-state index contributed by atoms with van der Waals surface area (Å²) in [5.41, 5.74) is 3.01. The molecular weight excluding hydrogens is 366 g/mol. The fraction of sp³-hybridized carbons (Fsp3) is 0.211. The monoisotopic (exact) mass is 379 g/mol. The Hall–Kier alpha value is -3.33. The highest BCUT2D eigenvalue weighted by atomic mass is 35.5. The lowest BCUT2D eigenvalue weighted by Crippen LogP contribution is -2.48. The number of nitriles is 1. The Morgan fingerprint density at radius 3 is 3.07 bits per heavy atom. The fourth-order valence-corrected chi connectivity index (χ4v) is 3.40. The van der Waals surface area contributed by atoms with Crippen LogP contribution in [0, 0.1) is 11.3 Å².